The molecule has 0 N–H and O–H groups in total. The van der Waals surface area contributed by atoms with Crippen molar-refractivity contribution in [1.29, 1.82) is 0 Å². The summed E-state index contributed by atoms with van der Waals surface area (Å²) < 4.78 is 14.3. The molecule has 3 rings (SSSR count). The number of halogens is 1. The van der Waals surface area contributed by atoms with Crippen LogP contribution in [-0.2, 0) is 0 Å². The van der Waals surface area contributed by atoms with E-state index in [1.54, 1.807) is 6.07 Å². The summed E-state index contributed by atoms with van der Waals surface area (Å²) in [5.74, 6) is -0.494. The molecule has 0 aromatic heterocycles. The fourth-order valence-electron chi connectivity index (χ4n) is 3.19. The zero-order valence-electron chi connectivity index (χ0n) is 12.8. The lowest BCUT2D eigenvalue weighted by Gasteiger charge is -2.34. The van der Waals surface area contributed by atoms with Crippen molar-refractivity contribution in [3.63, 3.8) is 0 Å². The Balaban J connectivity index is 1.97. The van der Waals surface area contributed by atoms with E-state index in [9.17, 15) is 14.5 Å². The van der Waals surface area contributed by atoms with E-state index < -0.39 is 10.7 Å². The number of anilines is 2. The van der Waals surface area contributed by atoms with Gasteiger partial charge in [0.25, 0.3) is 5.69 Å². The number of nitro groups is 1. The fraction of sp³-hybridized carbons (Fsp3) is 0.600. The van der Waals surface area contributed by atoms with Crippen LogP contribution >= 0.6 is 0 Å². The lowest BCUT2D eigenvalue weighted by Crippen LogP contribution is -2.44. The molecule has 1 aromatic rings. The predicted octanol–water partition coefficient (Wildman–Crippen LogP) is 2.09. The standard InChI is InChI=1S/C15H21FN4O2/c1-17-6-8-19(9-7-17)14-11-13(18-4-2-3-5-18)12(16)10-15(14)20(21)22/h10-11H,2-9H2,1H3. The highest BCUT2D eigenvalue weighted by atomic mass is 19.1. The summed E-state index contributed by atoms with van der Waals surface area (Å²) in [5.41, 5.74) is 0.906. The molecule has 2 heterocycles. The van der Waals surface area contributed by atoms with Crippen LogP contribution in [-0.4, -0.2) is 56.1 Å². The number of likely N-dealkylation sites (N-methyl/N-ethyl adjacent to an activating group) is 1. The molecule has 0 bridgehead atoms. The van der Waals surface area contributed by atoms with Crippen LogP contribution < -0.4 is 9.80 Å². The smallest absolute Gasteiger partial charge is 0.295 e. The van der Waals surface area contributed by atoms with E-state index in [4.69, 9.17) is 0 Å². The molecule has 6 nitrogen and oxygen atoms in total. The Hall–Kier alpha value is -1.89. The molecule has 0 atom stereocenters. The Kier molecular flexibility index (Phi) is 4.15. The second-order valence-corrected chi connectivity index (χ2v) is 6.03. The van der Waals surface area contributed by atoms with Crippen LogP contribution in [0, 0.1) is 15.9 Å². The molecule has 0 saturated carbocycles. The second-order valence-electron chi connectivity index (χ2n) is 6.03. The van der Waals surface area contributed by atoms with E-state index in [0.29, 0.717) is 11.4 Å². The van der Waals surface area contributed by atoms with Crippen LogP contribution in [0.3, 0.4) is 0 Å². The minimum atomic E-state index is -0.494. The minimum absolute atomic E-state index is 0.134. The van der Waals surface area contributed by atoms with E-state index in [1.807, 2.05) is 16.8 Å². The lowest BCUT2D eigenvalue weighted by atomic mass is 10.1. The third-order valence-electron chi connectivity index (χ3n) is 4.53. The molecule has 0 unspecified atom stereocenters. The van der Waals surface area contributed by atoms with Gasteiger partial charge in [-0.15, -0.1) is 0 Å². The van der Waals surface area contributed by atoms with Crippen LogP contribution in [0.1, 0.15) is 12.8 Å². The third kappa shape index (κ3) is 2.85. The third-order valence-corrected chi connectivity index (χ3v) is 4.53. The maximum absolute atomic E-state index is 14.3. The summed E-state index contributed by atoms with van der Waals surface area (Å²) in [6.45, 7) is 4.79. The van der Waals surface area contributed by atoms with Crippen molar-refractivity contribution in [2.24, 2.45) is 0 Å². The molecule has 2 aliphatic heterocycles. The van der Waals surface area contributed by atoms with Gasteiger partial charge in [0.05, 0.1) is 16.7 Å². The zero-order valence-corrected chi connectivity index (χ0v) is 12.8. The molecule has 0 radical (unpaired) electrons. The molecule has 2 saturated heterocycles. The molecule has 22 heavy (non-hydrogen) atoms. The Morgan fingerprint density at radius 2 is 1.59 bits per heavy atom. The maximum atomic E-state index is 14.3. The van der Waals surface area contributed by atoms with Crippen LogP contribution in [0.25, 0.3) is 0 Å². The van der Waals surface area contributed by atoms with Crippen LogP contribution in [0.4, 0.5) is 21.5 Å². The first kappa shape index (κ1) is 15.0. The van der Waals surface area contributed by atoms with Gasteiger partial charge in [-0.1, -0.05) is 0 Å². The molecule has 1 aromatic carbocycles. The van der Waals surface area contributed by atoms with Gasteiger partial charge >= 0.3 is 0 Å². The highest BCUT2D eigenvalue weighted by molar-refractivity contribution is 5.71. The molecular weight excluding hydrogens is 287 g/mol. The molecule has 120 valence electrons. The highest BCUT2D eigenvalue weighted by Crippen LogP contribution is 2.36. The highest BCUT2D eigenvalue weighted by Gasteiger charge is 2.27. The zero-order chi connectivity index (χ0) is 15.7. The van der Waals surface area contributed by atoms with Crippen molar-refractivity contribution >= 4 is 17.1 Å². The Labute approximate surface area is 129 Å². The first-order chi connectivity index (χ1) is 10.6. The summed E-state index contributed by atoms with van der Waals surface area (Å²) in [5, 5.41) is 11.3. The summed E-state index contributed by atoms with van der Waals surface area (Å²) in [7, 11) is 2.03. The molecule has 2 fully saturated rings. The average Bonchev–Trinajstić information content (AvgIpc) is 3.02. The van der Waals surface area contributed by atoms with Gasteiger partial charge in [0.2, 0.25) is 0 Å². The quantitative estimate of drug-likeness (QED) is 0.632. The molecular formula is C15H21FN4O2. The fourth-order valence-corrected chi connectivity index (χ4v) is 3.19. The molecule has 0 spiro atoms. The van der Waals surface area contributed by atoms with E-state index >= 15 is 0 Å². The maximum Gasteiger partial charge on any atom is 0.295 e. The predicted molar refractivity (Wildman–Crippen MR) is 84.2 cm³/mol. The van der Waals surface area contributed by atoms with Gasteiger partial charge in [-0.2, -0.15) is 0 Å². The minimum Gasteiger partial charge on any atom is -0.369 e. The van der Waals surface area contributed by atoms with Gasteiger partial charge in [0, 0.05) is 39.3 Å². The number of benzene rings is 1. The largest absolute Gasteiger partial charge is 0.369 e. The Morgan fingerprint density at radius 3 is 2.18 bits per heavy atom. The number of nitro benzene ring substituents is 1. The van der Waals surface area contributed by atoms with Gasteiger partial charge in [0.1, 0.15) is 5.69 Å². The monoisotopic (exact) mass is 308 g/mol. The van der Waals surface area contributed by atoms with Gasteiger partial charge in [-0.3, -0.25) is 10.1 Å². The summed E-state index contributed by atoms with van der Waals surface area (Å²) in [6, 6.07) is 2.76. The molecule has 7 heteroatoms. The summed E-state index contributed by atoms with van der Waals surface area (Å²) >= 11 is 0. The Bertz CT molecular complexity index is 567. The van der Waals surface area contributed by atoms with Crippen molar-refractivity contribution in [1.82, 2.24) is 4.90 Å². The van der Waals surface area contributed by atoms with Crippen LogP contribution in [0.15, 0.2) is 12.1 Å². The van der Waals surface area contributed by atoms with Crippen molar-refractivity contribution in [3.8, 4) is 0 Å². The number of hydrogen-bond acceptors (Lipinski definition) is 5. The lowest BCUT2D eigenvalue weighted by molar-refractivity contribution is -0.384. The first-order valence-corrected chi connectivity index (χ1v) is 7.72. The van der Waals surface area contributed by atoms with Gasteiger partial charge in [0.15, 0.2) is 5.82 Å². The van der Waals surface area contributed by atoms with Gasteiger partial charge in [-0.25, -0.2) is 4.39 Å². The van der Waals surface area contributed by atoms with Gasteiger partial charge < -0.3 is 14.7 Å². The van der Waals surface area contributed by atoms with Crippen molar-refractivity contribution in [3.05, 3.63) is 28.1 Å². The summed E-state index contributed by atoms with van der Waals surface area (Å²) in [6.07, 6.45) is 2.08. The number of rotatable bonds is 3. The van der Waals surface area contributed by atoms with Crippen molar-refractivity contribution < 1.29 is 9.31 Å². The van der Waals surface area contributed by atoms with Crippen molar-refractivity contribution in [2.75, 3.05) is 56.1 Å². The normalized spacial score (nSPS) is 19.7. The van der Waals surface area contributed by atoms with Crippen molar-refractivity contribution in [2.45, 2.75) is 12.8 Å². The number of piperazine rings is 1. The van der Waals surface area contributed by atoms with E-state index in [1.165, 1.54) is 0 Å². The SMILES string of the molecule is CN1CCN(c2cc(N3CCCC3)c(F)cc2[N+](=O)[O-])CC1. The Morgan fingerprint density at radius 1 is 1.00 bits per heavy atom. The number of nitrogens with zero attached hydrogens (tertiary/aromatic N) is 4. The first-order valence-electron chi connectivity index (χ1n) is 7.72. The molecule has 0 aliphatic carbocycles. The van der Waals surface area contributed by atoms with E-state index in [-0.39, 0.29) is 5.69 Å². The van der Waals surface area contributed by atoms with Gasteiger partial charge in [-0.05, 0) is 26.0 Å². The van der Waals surface area contributed by atoms with E-state index in [0.717, 1.165) is 58.2 Å². The van der Waals surface area contributed by atoms with Crippen LogP contribution in [0.5, 0.6) is 0 Å². The second kappa shape index (κ2) is 6.08. The molecule has 2 aliphatic rings. The summed E-state index contributed by atoms with van der Waals surface area (Å²) in [4.78, 5) is 17.0. The topological polar surface area (TPSA) is 52.9 Å². The van der Waals surface area contributed by atoms with Crippen LogP contribution in [0.2, 0.25) is 0 Å². The van der Waals surface area contributed by atoms with E-state index in [2.05, 4.69) is 4.90 Å². The average molecular weight is 308 g/mol. The number of hydrogen-bond donors (Lipinski definition) is 0. The molecule has 0 amide bonds.